The molecule has 0 N–H and O–H groups in total. The van der Waals surface area contributed by atoms with Crippen molar-refractivity contribution in [2.45, 2.75) is 0 Å². The molecule has 0 bridgehead atoms. The van der Waals surface area contributed by atoms with Gasteiger partial charge in [0.25, 0.3) is 0 Å². The monoisotopic (exact) mass is 259 g/mol. The summed E-state index contributed by atoms with van der Waals surface area (Å²) in [6.07, 6.45) is 5.94. The van der Waals surface area contributed by atoms with E-state index in [4.69, 9.17) is 0 Å². The van der Waals surface area contributed by atoms with Crippen LogP contribution < -0.4 is 0 Å². The Hall–Kier alpha value is -1.41. The highest BCUT2D eigenvalue weighted by Crippen LogP contribution is 2.11. The summed E-state index contributed by atoms with van der Waals surface area (Å²) in [7, 11) is 0. The van der Waals surface area contributed by atoms with Crippen molar-refractivity contribution in [1.29, 1.82) is 0 Å². The average Bonchev–Trinajstić information content (AvgIpc) is 2.28. The molecule has 2 heteroatoms. The highest BCUT2D eigenvalue weighted by Gasteiger charge is 1.89. The highest BCUT2D eigenvalue weighted by atomic mass is 79.9. The van der Waals surface area contributed by atoms with Gasteiger partial charge in [0, 0.05) is 6.20 Å². The predicted octanol–water partition coefficient (Wildman–Crippen LogP) is 4.01. The Morgan fingerprint density at radius 3 is 2.40 bits per heavy atom. The van der Waals surface area contributed by atoms with Gasteiger partial charge in [-0.15, -0.1) is 0 Å². The van der Waals surface area contributed by atoms with Crippen LogP contribution in [0.2, 0.25) is 0 Å². The van der Waals surface area contributed by atoms with Crippen molar-refractivity contribution in [1.82, 2.24) is 4.98 Å². The minimum absolute atomic E-state index is 0.859. The Balaban J connectivity index is 2.19. The van der Waals surface area contributed by atoms with E-state index in [1.54, 1.807) is 6.20 Å². The number of nitrogens with zero attached hydrogens (tertiary/aromatic N) is 1. The van der Waals surface area contributed by atoms with E-state index in [0.29, 0.717) is 0 Å². The first kappa shape index (κ1) is 10.1. The lowest BCUT2D eigenvalue weighted by Crippen LogP contribution is -1.76. The van der Waals surface area contributed by atoms with E-state index in [1.165, 1.54) is 5.56 Å². The Labute approximate surface area is 97.6 Å². The van der Waals surface area contributed by atoms with Gasteiger partial charge < -0.3 is 0 Å². The minimum atomic E-state index is 0.859. The van der Waals surface area contributed by atoms with Gasteiger partial charge in [-0.25, -0.2) is 4.98 Å². The molecule has 0 radical (unpaired) electrons. The third-order valence-electron chi connectivity index (χ3n) is 2.02. The smallest absolute Gasteiger partial charge is 0.106 e. The first-order valence-electron chi connectivity index (χ1n) is 4.69. The van der Waals surface area contributed by atoms with Crippen molar-refractivity contribution in [2.24, 2.45) is 0 Å². The average molecular weight is 260 g/mol. The van der Waals surface area contributed by atoms with Gasteiger partial charge in [-0.05, 0) is 39.2 Å². The van der Waals surface area contributed by atoms with E-state index in [9.17, 15) is 0 Å². The summed E-state index contributed by atoms with van der Waals surface area (Å²) in [4.78, 5) is 4.08. The third-order valence-corrected chi connectivity index (χ3v) is 2.45. The first-order valence-corrected chi connectivity index (χ1v) is 5.48. The van der Waals surface area contributed by atoms with Crippen LogP contribution in [0.1, 0.15) is 11.1 Å². The molecule has 0 aliphatic rings. The van der Waals surface area contributed by atoms with Crippen LogP contribution in [-0.4, -0.2) is 4.98 Å². The molecule has 0 aliphatic heterocycles. The summed E-state index contributed by atoms with van der Waals surface area (Å²) in [5.41, 5.74) is 2.34. The molecule has 0 fully saturated rings. The molecule has 1 heterocycles. The van der Waals surface area contributed by atoms with Gasteiger partial charge >= 0.3 is 0 Å². The van der Waals surface area contributed by atoms with Crippen molar-refractivity contribution in [3.63, 3.8) is 0 Å². The summed E-state index contributed by atoms with van der Waals surface area (Å²) in [5.74, 6) is 0. The van der Waals surface area contributed by atoms with Crippen molar-refractivity contribution in [3.05, 3.63) is 64.4 Å². The summed E-state index contributed by atoms with van der Waals surface area (Å²) in [6, 6.07) is 14.2. The molecule has 1 aromatic heterocycles. The van der Waals surface area contributed by atoms with Gasteiger partial charge in [0.05, 0.1) is 0 Å². The number of hydrogen-bond acceptors (Lipinski definition) is 1. The van der Waals surface area contributed by atoms with E-state index >= 15 is 0 Å². The quantitative estimate of drug-likeness (QED) is 0.743. The second-order valence-electron chi connectivity index (χ2n) is 3.16. The van der Waals surface area contributed by atoms with E-state index in [-0.39, 0.29) is 0 Å². The molecule has 1 nitrogen and oxygen atoms in total. The van der Waals surface area contributed by atoms with Gasteiger partial charge in [0.2, 0.25) is 0 Å². The zero-order valence-electron chi connectivity index (χ0n) is 8.10. The van der Waals surface area contributed by atoms with Crippen molar-refractivity contribution in [3.8, 4) is 0 Å². The lowest BCUT2D eigenvalue weighted by atomic mass is 10.2. The maximum atomic E-state index is 4.08. The summed E-state index contributed by atoms with van der Waals surface area (Å²) < 4.78 is 0.859. The SMILES string of the molecule is Brc1cc(C=Cc2ccccc2)ccn1. The molecular weight excluding hydrogens is 250 g/mol. The van der Waals surface area contributed by atoms with Gasteiger partial charge in [-0.1, -0.05) is 42.5 Å². The van der Waals surface area contributed by atoms with Crippen LogP contribution in [0, 0.1) is 0 Å². The minimum Gasteiger partial charge on any atom is -0.249 e. The molecule has 0 saturated heterocycles. The molecule has 2 rings (SSSR count). The van der Waals surface area contributed by atoms with Gasteiger partial charge in [0.1, 0.15) is 4.60 Å². The van der Waals surface area contributed by atoms with Crippen molar-refractivity contribution in [2.75, 3.05) is 0 Å². The van der Waals surface area contributed by atoms with Gasteiger partial charge in [-0.2, -0.15) is 0 Å². The number of rotatable bonds is 2. The second kappa shape index (κ2) is 4.89. The lowest BCUT2D eigenvalue weighted by molar-refractivity contribution is 1.27. The number of hydrogen-bond donors (Lipinski definition) is 0. The zero-order chi connectivity index (χ0) is 10.5. The van der Waals surface area contributed by atoms with Crippen LogP contribution in [0.25, 0.3) is 12.2 Å². The Bertz CT molecular complexity index is 463. The van der Waals surface area contributed by atoms with Crippen LogP contribution in [0.15, 0.2) is 53.3 Å². The number of pyridine rings is 1. The fraction of sp³-hybridized carbons (Fsp3) is 0. The lowest BCUT2D eigenvalue weighted by Gasteiger charge is -1.94. The van der Waals surface area contributed by atoms with Crippen LogP contribution in [0.5, 0.6) is 0 Å². The number of aromatic nitrogens is 1. The summed E-state index contributed by atoms with van der Waals surface area (Å²) in [5, 5.41) is 0. The van der Waals surface area contributed by atoms with Crippen LogP contribution in [-0.2, 0) is 0 Å². The third kappa shape index (κ3) is 3.03. The molecule has 0 aliphatic carbocycles. The Morgan fingerprint density at radius 1 is 0.933 bits per heavy atom. The molecule has 2 aromatic rings. The molecule has 1 aromatic carbocycles. The molecule has 15 heavy (non-hydrogen) atoms. The fourth-order valence-electron chi connectivity index (χ4n) is 1.28. The van der Waals surface area contributed by atoms with Crippen LogP contribution >= 0.6 is 15.9 Å². The van der Waals surface area contributed by atoms with E-state index < -0.39 is 0 Å². The number of benzene rings is 1. The standard InChI is InChI=1S/C13H10BrN/c14-13-10-12(8-9-15-13)7-6-11-4-2-1-3-5-11/h1-10H. The van der Waals surface area contributed by atoms with Crippen molar-refractivity contribution < 1.29 is 0 Å². The summed E-state index contributed by atoms with van der Waals surface area (Å²) in [6.45, 7) is 0. The Kier molecular flexibility index (Phi) is 3.30. The normalized spacial score (nSPS) is 10.7. The molecule has 0 atom stereocenters. The molecule has 0 amide bonds. The molecule has 0 unspecified atom stereocenters. The van der Waals surface area contributed by atoms with Crippen LogP contribution in [0.4, 0.5) is 0 Å². The van der Waals surface area contributed by atoms with Gasteiger partial charge in [0.15, 0.2) is 0 Å². The van der Waals surface area contributed by atoms with E-state index in [0.717, 1.165) is 10.2 Å². The molecule has 74 valence electrons. The first-order chi connectivity index (χ1) is 7.34. The highest BCUT2D eigenvalue weighted by molar-refractivity contribution is 9.10. The maximum absolute atomic E-state index is 4.08. The van der Waals surface area contributed by atoms with E-state index in [1.807, 2.05) is 30.3 Å². The largest absolute Gasteiger partial charge is 0.249 e. The fourth-order valence-corrected chi connectivity index (χ4v) is 1.66. The van der Waals surface area contributed by atoms with E-state index in [2.05, 4.69) is 45.2 Å². The zero-order valence-corrected chi connectivity index (χ0v) is 9.68. The molecule has 0 spiro atoms. The van der Waals surface area contributed by atoms with Crippen LogP contribution in [0.3, 0.4) is 0 Å². The maximum Gasteiger partial charge on any atom is 0.106 e. The predicted molar refractivity (Wildman–Crippen MR) is 67.3 cm³/mol. The van der Waals surface area contributed by atoms with Crippen molar-refractivity contribution >= 4 is 28.1 Å². The Morgan fingerprint density at radius 2 is 1.67 bits per heavy atom. The summed E-state index contributed by atoms with van der Waals surface area (Å²) >= 11 is 3.34. The van der Waals surface area contributed by atoms with Gasteiger partial charge in [-0.3, -0.25) is 0 Å². The topological polar surface area (TPSA) is 12.9 Å². The number of halogens is 1. The second-order valence-corrected chi connectivity index (χ2v) is 3.97. The molecular formula is C13H10BrN. The molecule has 0 saturated carbocycles.